The number of aliphatic hydroxyl groups excluding tert-OH is 2. The van der Waals surface area contributed by atoms with Gasteiger partial charge in [0.15, 0.2) is 6.23 Å². The molecule has 0 aromatic carbocycles. The minimum absolute atomic E-state index is 0.159. The first-order valence-electron chi connectivity index (χ1n) is 7.66. The third-order valence-electron chi connectivity index (χ3n) is 3.69. The van der Waals surface area contributed by atoms with E-state index in [9.17, 15) is 33.6 Å². The maximum absolute atomic E-state index is 12.2. The number of hydrogen-bond acceptors (Lipinski definition) is 11. The van der Waals surface area contributed by atoms with Crippen molar-refractivity contribution in [2.75, 3.05) is 6.61 Å². The molecule has 1 aliphatic rings. The van der Waals surface area contributed by atoms with Crippen LogP contribution in [0.4, 0.5) is 0 Å². The second-order valence-corrected chi connectivity index (χ2v) is 10.3. The van der Waals surface area contributed by atoms with E-state index in [1.165, 1.54) is 13.1 Å². The van der Waals surface area contributed by atoms with E-state index >= 15 is 0 Å². The monoisotopic (exact) mass is 497 g/mol. The standard InChI is InChI=1S/C10H18N3O14P3/c1-12-6(11)2-3-13(10(12)16)9-8(15)7(14)5(25-9)4-24-29(20,21)27-30(22,23)26-28(17,18)19/h2-3,5,7-9,11,14-15H,4H2,1H3,(H,20,21)(H,22,23)(H2,17,18,19). The van der Waals surface area contributed by atoms with Gasteiger partial charge >= 0.3 is 29.2 Å². The molecule has 6 atom stereocenters. The van der Waals surface area contributed by atoms with Crippen LogP contribution in [0, 0.1) is 5.41 Å². The number of nitrogens with zero attached hydrogens (tertiary/aromatic N) is 2. The van der Waals surface area contributed by atoms with Gasteiger partial charge in [0.2, 0.25) is 0 Å². The SMILES string of the molecule is Cn1c(=N)ccn(C2OC(COP(=O)(O)OP(=O)(O)OP(=O)(O)O)C(O)C2O)c1=O. The van der Waals surface area contributed by atoms with Crippen LogP contribution in [0.25, 0.3) is 0 Å². The molecule has 0 radical (unpaired) electrons. The van der Waals surface area contributed by atoms with Gasteiger partial charge in [0, 0.05) is 13.2 Å². The summed E-state index contributed by atoms with van der Waals surface area (Å²) in [6.07, 6.45) is -5.38. The zero-order valence-electron chi connectivity index (χ0n) is 14.9. The second-order valence-electron chi connectivity index (χ2n) is 5.88. The van der Waals surface area contributed by atoms with Crippen molar-refractivity contribution in [2.45, 2.75) is 24.5 Å². The predicted octanol–water partition coefficient (Wildman–Crippen LogP) is -2.37. The van der Waals surface area contributed by atoms with Crippen molar-refractivity contribution in [1.29, 1.82) is 5.41 Å². The fraction of sp³-hybridized carbons (Fsp3) is 0.600. The average molecular weight is 497 g/mol. The van der Waals surface area contributed by atoms with Gasteiger partial charge in [-0.3, -0.25) is 19.1 Å². The van der Waals surface area contributed by atoms with Crippen LogP contribution in [0.3, 0.4) is 0 Å². The quantitative estimate of drug-likeness (QED) is 0.185. The zero-order chi connectivity index (χ0) is 23.1. The third-order valence-corrected chi connectivity index (χ3v) is 7.49. The lowest BCUT2D eigenvalue weighted by molar-refractivity contribution is -0.0547. The molecule has 20 heteroatoms. The molecule has 0 spiro atoms. The molecule has 1 saturated heterocycles. The summed E-state index contributed by atoms with van der Waals surface area (Å²) >= 11 is 0. The highest BCUT2D eigenvalue weighted by molar-refractivity contribution is 7.66. The van der Waals surface area contributed by atoms with E-state index in [0.717, 1.165) is 15.3 Å². The van der Waals surface area contributed by atoms with E-state index in [2.05, 4.69) is 13.1 Å². The summed E-state index contributed by atoms with van der Waals surface area (Å²) in [6, 6.07) is 1.20. The normalized spacial score (nSPS) is 28.8. The van der Waals surface area contributed by atoms with E-state index in [0.29, 0.717) is 0 Å². The number of ether oxygens (including phenoxy) is 1. The fourth-order valence-corrected chi connectivity index (χ4v) is 5.39. The molecule has 172 valence electrons. The van der Waals surface area contributed by atoms with Gasteiger partial charge < -0.3 is 34.5 Å². The lowest BCUT2D eigenvalue weighted by atomic mass is 10.1. The van der Waals surface area contributed by atoms with Crippen molar-refractivity contribution in [1.82, 2.24) is 9.13 Å². The van der Waals surface area contributed by atoms with E-state index in [-0.39, 0.29) is 5.49 Å². The molecule has 0 bridgehead atoms. The Labute approximate surface area is 166 Å². The smallest absolute Gasteiger partial charge is 0.387 e. The minimum atomic E-state index is -5.72. The molecular formula is C10H18N3O14P3. The van der Waals surface area contributed by atoms with Crippen molar-refractivity contribution in [2.24, 2.45) is 7.05 Å². The Morgan fingerprint density at radius 2 is 1.70 bits per heavy atom. The van der Waals surface area contributed by atoms with Gasteiger partial charge in [0.25, 0.3) is 0 Å². The molecule has 1 aromatic heterocycles. The Morgan fingerprint density at radius 1 is 1.10 bits per heavy atom. The predicted molar refractivity (Wildman–Crippen MR) is 91.3 cm³/mol. The lowest BCUT2D eigenvalue weighted by Gasteiger charge is -2.19. The lowest BCUT2D eigenvalue weighted by Crippen LogP contribution is -2.41. The molecule has 0 aliphatic carbocycles. The van der Waals surface area contributed by atoms with Crippen molar-refractivity contribution < 1.29 is 61.4 Å². The molecule has 7 N–H and O–H groups in total. The van der Waals surface area contributed by atoms with Crippen LogP contribution in [-0.2, 0) is 38.6 Å². The van der Waals surface area contributed by atoms with Crippen LogP contribution < -0.4 is 11.2 Å². The molecule has 1 aliphatic heterocycles. The maximum Gasteiger partial charge on any atom is 0.490 e. The van der Waals surface area contributed by atoms with Crippen LogP contribution in [0.15, 0.2) is 17.1 Å². The van der Waals surface area contributed by atoms with Crippen molar-refractivity contribution in [3.8, 4) is 0 Å². The number of nitrogens with one attached hydrogen (secondary N) is 1. The van der Waals surface area contributed by atoms with Gasteiger partial charge in [-0.1, -0.05) is 0 Å². The van der Waals surface area contributed by atoms with E-state index in [4.69, 9.17) is 24.8 Å². The van der Waals surface area contributed by atoms with E-state index in [1.807, 2.05) is 0 Å². The first kappa shape index (κ1) is 25.2. The maximum atomic E-state index is 12.2. The highest BCUT2D eigenvalue weighted by Crippen LogP contribution is 2.66. The number of phosphoric acid groups is 3. The molecular weight excluding hydrogens is 479 g/mol. The third kappa shape index (κ3) is 6.24. The highest BCUT2D eigenvalue weighted by Gasteiger charge is 2.46. The Kier molecular flexibility index (Phi) is 7.44. The molecule has 30 heavy (non-hydrogen) atoms. The second kappa shape index (κ2) is 8.84. The first-order valence-corrected chi connectivity index (χ1v) is 12.2. The summed E-state index contributed by atoms with van der Waals surface area (Å²) in [5.74, 6) is 0. The minimum Gasteiger partial charge on any atom is -0.387 e. The Morgan fingerprint density at radius 3 is 2.27 bits per heavy atom. The van der Waals surface area contributed by atoms with Gasteiger partial charge in [-0.2, -0.15) is 8.62 Å². The van der Waals surface area contributed by atoms with Crippen LogP contribution in [0.5, 0.6) is 0 Å². The zero-order valence-corrected chi connectivity index (χ0v) is 17.5. The number of aromatic nitrogens is 2. The number of aliphatic hydroxyl groups is 2. The van der Waals surface area contributed by atoms with Crippen molar-refractivity contribution in [3.05, 3.63) is 28.2 Å². The molecule has 2 heterocycles. The molecule has 2 rings (SSSR count). The van der Waals surface area contributed by atoms with Crippen LogP contribution in [0.1, 0.15) is 6.23 Å². The molecule has 1 fully saturated rings. The summed E-state index contributed by atoms with van der Waals surface area (Å²) in [5.41, 5.74) is -0.944. The van der Waals surface area contributed by atoms with Crippen molar-refractivity contribution >= 4 is 23.5 Å². The van der Waals surface area contributed by atoms with Gasteiger partial charge in [-0.15, -0.1) is 0 Å². The molecule has 0 saturated carbocycles. The Hall–Kier alpha value is -1.03. The molecule has 17 nitrogen and oxygen atoms in total. The van der Waals surface area contributed by atoms with E-state index in [1.54, 1.807) is 0 Å². The van der Waals surface area contributed by atoms with Crippen LogP contribution in [-0.4, -0.2) is 63.8 Å². The Balaban J connectivity index is 2.09. The molecule has 0 amide bonds. The van der Waals surface area contributed by atoms with Crippen LogP contribution >= 0.6 is 23.5 Å². The summed E-state index contributed by atoms with van der Waals surface area (Å²) in [5, 5.41) is 27.7. The number of phosphoric ester groups is 1. The highest BCUT2D eigenvalue weighted by atomic mass is 31.3. The van der Waals surface area contributed by atoms with Gasteiger partial charge in [-0.05, 0) is 6.07 Å². The van der Waals surface area contributed by atoms with Gasteiger partial charge in [-0.25, -0.2) is 18.5 Å². The molecule has 6 unspecified atom stereocenters. The topological polar surface area (TPSA) is 260 Å². The number of hydrogen-bond donors (Lipinski definition) is 7. The van der Waals surface area contributed by atoms with Gasteiger partial charge in [0.1, 0.15) is 23.8 Å². The summed E-state index contributed by atoms with van der Waals surface area (Å²) in [6.45, 7) is -1.02. The average Bonchev–Trinajstić information content (AvgIpc) is 2.83. The Bertz CT molecular complexity index is 1050. The first-order chi connectivity index (χ1) is 13.5. The number of rotatable bonds is 8. The van der Waals surface area contributed by atoms with E-state index < -0.39 is 60.3 Å². The summed E-state index contributed by atoms with van der Waals surface area (Å²) in [7, 11) is -15.5. The van der Waals surface area contributed by atoms with Crippen molar-refractivity contribution in [3.63, 3.8) is 0 Å². The fourth-order valence-electron chi connectivity index (χ4n) is 2.36. The van der Waals surface area contributed by atoms with Gasteiger partial charge in [0.05, 0.1) is 6.61 Å². The largest absolute Gasteiger partial charge is 0.490 e. The van der Waals surface area contributed by atoms with Crippen LogP contribution in [0.2, 0.25) is 0 Å². The summed E-state index contributed by atoms with van der Waals surface area (Å²) in [4.78, 5) is 47.6. The molecule has 1 aromatic rings. The summed E-state index contributed by atoms with van der Waals surface area (Å²) < 4.78 is 52.0.